The number of aryl methyl sites for hydroxylation is 1. The van der Waals surface area contributed by atoms with E-state index in [9.17, 15) is 4.79 Å². The van der Waals surface area contributed by atoms with Crippen molar-refractivity contribution < 1.29 is 9.53 Å². The van der Waals surface area contributed by atoms with E-state index in [1.807, 2.05) is 73.0 Å². The maximum Gasteiger partial charge on any atom is 0.234 e. The Morgan fingerprint density at radius 2 is 1.85 bits per heavy atom. The van der Waals surface area contributed by atoms with E-state index in [2.05, 4.69) is 15.5 Å². The largest absolute Gasteiger partial charge is 0.494 e. The number of nitrogens with one attached hydrogen (secondary N) is 1. The number of hydrogen-bond acceptors (Lipinski definition) is 5. The predicted octanol–water partition coefficient (Wildman–Crippen LogP) is 3.71. The number of carbonyl (C=O) groups excluding carboxylic acids is 1. The van der Waals surface area contributed by atoms with E-state index >= 15 is 0 Å². The van der Waals surface area contributed by atoms with Crippen LogP contribution >= 0.6 is 11.8 Å². The monoisotopic (exact) mass is 368 g/mol. The van der Waals surface area contributed by atoms with Crippen LogP contribution in [0.1, 0.15) is 12.7 Å². The van der Waals surface area contributed by atoms with E-state index in [-0.39, 0.29) is 11.7 Å². The summed E-state index contributed by atoms with van der Waals surface area (Å²) in [5.41, 5.74) is 1.71. The number of benzene rings is 2. The van der Waals surface area contributed by atoms with Crippen molar-refractivity contribution in [3.05, 3.63) is 60.4 Å². The second kappa shape index (κ2) is 8.53. The molecule has 0 fully saturated rings. The zero-order valence-electron chi connectivity index (χ0n) is 14.7. The van der Waals surface area contributed by atoms with Crippen LogP contribution in [0.25, 0.3) is 5.69 Å². The van der Waals surface area contributed by atoms with Gasteiger partial charge < -0.3 is 10.1 Å². The molecule has 2 aromatic carbocycles. The molecule has 7 heteroatoms. The summed E-state index contributed by atoms with van der Waals surface area (Å²) in [4.78, 5) is 12.2. The zero-order valence-corrected chi connectivity index (χ0v) is 15.5. The Morgan fingerprint density at radius 1 is 1.12 bits per heavy atom. The van der Waals surface area contributed by atoms with Gasteiger partial charge in [0.05, 0.1) is 12.4 Å². The van der Waals surface area contributed by atoms with Gasteiger partial charge in [-0.1, -0.05) is 30.0 Å². The van der Waals surface area contributed by atoms with Crippen molar-refractivity contribution in [2.24, 2.45) is 0 Å². The molecule has 1 N–H and O–H groups in total. The van der Waals surface area contributed by atoms with Crippen LogP contribution in [0.15, 0.2) is 59.8 Å². The number of ether oxygens (including phenoxy) is 1. The third-order valence-electron chi connectivity index (χ3n) is 3.59. The topological polar surface area (TPSA) is 69.0 Å². The fourth-order valence-electron chi connectivity index (χ4n) is 2.44. The molecule has 0 aliphatic rings. The number of nitrogens with zero attached hydrogens (tertiary/aromatic N) is 3. The van der Waals surface area contributed by atoms with E-state index in [4.69, 9.17) is 4.74 Å². The highest BCUT2D eigenvalue weighted by atomic mass is 32.2. The summed E-state index contributed by atoms with van der Waals surface area (Å²) in [5, 5.41) is 11.9. The molecule has 0 bridgehead atoms. The molecule has 26 heavy (non-hydrogen) atoms. The highest BCUT2D eigenvalue weighted by molar-refractivity contribution is 7.99. The third-order valence-corrected chi connectivity index (χ3v) is 4.52. The predicted molar refractivity (Wildman–Crippen MR) is 103 cm³/mol. The summed E-state index contributed by atoms with van der Waals surface area (Å²) in [6, 6.07) is 17.1. The fraction of sp³-hybridized carbons (Fsp3) is 0.211. The lowest BCUT2D eigenvalue weighted by atomic mass is 10.3. The number of carbonyl (C=O) groups is 1. The fourth-order valence-corrected chi connectivity index (χ4v) is 3.24. The number of thioether (sulfide) groups is 1. The lowest BCUT2D eigenvalue weighted by molar-refractivity contribution is -0.113. The van der Waals surface area contributed by atoms with Gasteiger partial charge in [-0.25, -0.2) is 0 Å². The summed E-state index contributed by atoms with van der Waals surface area (Å²) >= 11 is 1.35. The van der Waals surface area contributed by atoms with Crippen LogP contribution < -0.4 is 10.1 Å². The van der Waals surface area contributed by atoms with Crippen LogP contribution in [0.4, 0.5) is 5.69 Å². The van der Waals surface area contributed by atoms with Crippen LogP contribution in [0, 0.1) is 6.92 Å². The van der Waals surface area contributed by atoms with Crippen molar-refractivity contribution in [1.82, 2.24) is 14.8 Å². The van der Waals surface area contributed by atoms with Gasteiger partial charge in [0.2, 0.25) is 5.91 Å². The Kier molecular flexibility index (Phi) is 5.91. The molecule has 0 saturated heterocycles. The van der Waals surface area contributed by atoms with Gasteiger partial charge in [-0.3, -0.25) is 9.36 Å². The molecule has 1 amide bonds. The molecule has 1 heterocycles. The van der Waals surface area contributed by atoms with Crippen molar-refractivity contribution in [3.8, 4) is 11.4 Å². The number of anilines is 1. The Morgan fingerprint density at radius 3 is 2.54 bits per heavy atom. The number of para-hydroxylation sites is 1. The molecule has 0 saturated carbocycles. The van der Waals surface area contributed by atoms with Gasteiger partial charge in [-0.2, -0.15) is 0 Å². The zero-order chi connectivity index (χ0) is 18.4. The summed E-state index contributed by atoms with van der Waals surface area (Å²) in [7, 11) is 0. The second-order valence-corrected chi connectivity index (χ2v) is 6.44. The minimum atomic E-state index is -0.0832. The van der Waals surface area contributed by atoms with E-state index in [1.54, 1.807) is 0 Å². The van der Waals surface area contributed by atoms with Crippen molar-refractivity contribution >= 4 is 23.4 Å². The summed E-state index contributed by atoms with van der Waals surface area (Å²) in [5.74, 6) is 1.75. The Balaban J connectivity index is 1.68. The van der Waals surface area contributed by atoms with Gasteiger partial charge in [-0.05, 0) is 50.2 Å². The molecule has 0 aliphatic carbocycles. The van der Waals surface area contributed by atoms with E-state index in [1.165, 1.54) is 11.8 Å². The molecule has 134 valence electrons. The number of amides is 1. The molecule has 0 atom stereocenters. The highest BCUT2D eigenvalue weighted by Crippen LogP contribution is 2.23. The molecule has 0 unspecified atom stereocenters. The highest BCUT2D eigenvalue weighted by Gasteiger charge is 2.13. The first-order chi connectivity index (χ1) is 12.7. The van der Waals surface area contributed by atoms with Gasteiger partial charge in [0.15, 0.2) is 5.16 Å². The van der Waals surface area contributed by atoms with E-state index in [0.29, 0.717) is 11.8 Å². The molecule has 3 aromatic rings. The summed E-state index contributed by atoms with van der Waals surface area (Å²) in [6.07, 6.45) is 0. The number of rotatable bonds is 7. The maximum atomic E-state index is 12.2. The van der Waals surface area contributed by atoms with Crippen LogP contribution in [-0.4, -0.2) is 33.0 Å². The quantitative estimate of drug-likeness (QED) is 0.644. The first kappa shape index (κ1) is 18.0. The minimum absolute atomic E-state index is 0.0832. The second-order valence-electron chi connectivity index (χ2n) is 5.49. The smallest absolute Gasteiger partial charge is 0.234 e. The average molecular weight is 368 g/mol. The van der Waals surface area contributed by atoms with E-state index < -0.39 is 0 Å². The van der Waals surface area contributed by atoms with Crippen molar-refractivity contribution in [1.29, 1.82) is 0 Å². The number of hydrogen-bond donors (Lipinski definition) is 1. The van der Waals surface area contributed by atoms with Crippen molar-refractivity contribution in [2.45, 2.75) is 19.0 Å². The molecule has 1 aromatic heterocycles. The molecule has 0 radical (unpaired) electrons. The van der Waals surface area contributed by atoms with Crippen LogP contribution in [-0.2, 0) is 4.79 Å². The molecule has 0 aliphatic heterocycles. The summed E-state index contributed by atoms with van der Waals surface area (Å²) in [6.45, 7) is 4.47. The standard InChI is InChI=1S/C19H20N4O2S/c1-3-25-17-11-9-16(10-12-17)23-14(2)21-22-19(23)26-13-18(24)20-15-7-5-4-6-8-15/h4-12H,3,13H2,1-2H3,(H,20,24). The van der Waals surface area contributed by atoms with Crippen LogP contribution in [0.3, 0.4) is 0 Å². The molecular formula is C19H20N4O2S. The minimum Gasteiger partial charge on any atom is -0.494 e. The van der Waals surface area contributed by atoms with Crippen molar-refractivity contribution in [3.63, 3.8) is 0 Å². The van der Waals surface area contributed by atoms with Gasteiger partial charge in [0.1, 0.15) is 11.6 Å². The summed E-state index contributed by atoms with van der Waals surface area (Å²) < 4.78 is 7.40. The van der Waals surface area contributed by atoms with Gasteiger partial charge >= 0.3 is 0 Å². The Labute approximate surface area is 156 Å². The third kappa shape index (κ3) is 4.43. The van der Waals surface area contributed by atoms with Gasteiger partial charge in [0.25, 0.3) is 0 Å². The van der Waals surface area contributed by atoms with Crippen molar-refractivity contribution in [2.75, 3.05) is 17.7 Å². The molecule has 3 rings (SSSR count). The van der Waals surface area contributed by atoms with Gasteiger partial charge in [0, 0.05) is 11.4 Å². The number of aromatic nitrogens is 3. The van der Waals surface area contributed by atoms with Crippen LogP contribution in [0.2, 0.25) is 0 Å². The SMILES string of the molecule is CCOc1ccc(-n2c(C)nnc2SCC(=O)Nc2ccccc2)cc1. The lowest BCUT2D eigenvalue weighted by Gasteiger charge is -2.10. The Hall–Kier alpha value is -2.80. The first-order valence-corrected chi connectivity index (χ1v) is 9.29. The first-order valence-electron chi connectivity index (χ1n) is 8.30. The average Bonchev–Trinajstić information content (AvgIpc) is 3.02. The van der Waals surface area contributed by atoms with Crippen LogP contribution in [0.5, 0.6) is 5.75 Å². The molecule has 6 nitrogen and oxygen atoms in total. The lowest BCUT2D eigenvalue weighted by Crippen LogP contribution is -2.14. The molecular weight excluding hydrogens is 348 g/mol. The maximum absolute atomic E-state index is 12.2. The molecule has 0 spiro atoms. The van der Waals surface area contributed by atoms with E-state index in [0.717, 1.165) is 22.9 Å². The van der Waals surface area contributed by atoms with Gasteiger partial charge in [-0.15, -0.1) is 10.2 Å². The normalized spacial score (nSPS) is 10.5. The Bertz CT molecular complexity index is 863.